The maximum absolute atomic E-state index is 12.0. The van der Waals surface area contributed by atoms with Crippen LogP contribution < -0.4 is 4.74 Å². The number of hydrogen-bond acceptors (Lipinski definition) is 4. The molecule has 2 rings (SSSR count). The van der Waals surface area contributed by atoms with Gasteiger partial charge in [0.1, 0.15) is 5.75 Å². The van der Waals surface area contributed by atoms with Crippen LogP contribution >= 0.6 is 15.9 Å². The molecule has 0 heterocycles. The minimum atomic E-state index is -0.527. The summed E-state index contributed by atoms with van der Waals surface area (Å²) in [6.45, 7) is 2.16. The van der Waals surface area contributed by atoms with Gasteiger partial charge in [-0.2, -0.15) is 0 Å². The molecule has 0 saturated carbocycles. The third-order valence-electron chi connectivity index (χ3n) is 2.88. The standard InChI is InChI=1S/C17H15BrO4/c1-2-21-15-8-6-12(7-9-15)16(19)11-22-17(20)13-4-3-5-14(18)10-13/h3-10H,2,11H2,1H3. The predicted octanol–water partition coefficient (Wildman–Crippen LogP) is 3.89. The van der Waals surface area contributed by atoms with Crippen molar-refractivity contribution < 1.29 is 19.1 Å². The summed E-state index contributed by atoms with van der Waals surface area (Å²) in [4.78, 5) is 23.8. The molecule has 0 atom stereocenters. The summed E-state index contributed by atoms with van der Waals surface area (Å²) >= 11 is 3.28. The van der Waals surface area contributed by atoms with Gasteiger partial charge in [0, 0.05) is 10.0 Å². The minimum absolute atomic E-state index is 0.258. The maximum Gasteiger partial charge on any atom is 0.338 e. The fourth-order valence-electron chi connectivity index (χ4n) is 1.82. The molecule has 0 bridgehead atoms. The van der Waals surface area contributed by atoms with Crippen LogP contribution in [-0.2, 0) is 4.74 Å². The van der Waals surface area contributed by atoms with Crippen LogP contribution in [0.25, 0.3) is 0 Å². The molecule has 4 nitrogen and oxygen atoms in total. The van der Waals surface area contributed by atoms with Crippen molar-refractivity contribution in [1.29, 1.82) is 0 Å². The van der Waals surface area contributed by atoms with Gasteiger partial charge in [0.2, 0.25) is 0 Å². The van der Waals surface area contributed by atoms with Crippen LogP contribution in [-0.4, -0.2) is 25.0 Å². The number of carbonyl (C=O) groups is 2. The van der Waals surface area contributed by atoms with Crippen LogP contribution in [0.5, 0.6) is 5.75 Å². The Hall–Kier alpha value is -2.14. The summed E-state index contributed by atoms with van der Waals surface area (Å²) in [6, 6.07) is 13.6. The number of ketones is 1. The Bertz CT molecular complexity index is 665. The first-order chi connectivity index (χ1) is 10.6. The average molecular weight is 363 g/mol. The van der Waals surface area contributed by atoms with Crippen LogP contribution in [0, 0.1) is 0 Å². The van der Waals surface area contributed by atoms with Gasteiger partial charge < -0.3 is 9.47 Å². The monoisotopic (exact) mass is 362 g/mol. The van der Waals surface area contributed by atoms with Crippen molar-refractivity contribution in [1.82, 2.24) is 0 Å². The van der Waals surface area contributed by atoms with Crippen LogP contribution in [0.4, 0.5) is 0 Å². The van der Waals surface area contributed by atoms with Gasteiger partial charge in [0.25, 0.3) is 0 Å². The van der Waals surface area contributed by atoms with Gasteiger partial charge in [0.15, 0.2) is 12.4 Å². The topological polar surface area (TPSA) is 52.6 Å². The number of halogens is 1. The Balaban J connectivity index is 1.93. The first-order valence-corrected chi connectivity index (χ1v) is 7.58. The molecule has 22 heavy (non-hydrogen) atoms. The highest BCUT2D eigenvalue weighted by Crippen LogP contribution is 2.14. The number of ether oxygens (including phenoxy) is 2. The smallest absolute Gasteiger partial charge is 0.338 e. The highest BCUT2D eigenvalue weighted by atomic mass is 79.9. The number of esters is 1. The largest absolute Gasteiger partial charge is 0.494 e. The molecule has 0 aliphatic rings. The fraction of sp³-hybridized carbons (Fsp3) is 0.176. The van der Waals surface area contributed by atoms with Gasteiger partial charge >= 0.3 is 5.97 Å². The minimum Gasteiger partial charge on any atom is -0.494 e. The second-order valence-electron chi connectivity index (χ2n) is 4.47. The fourth-order valence-corrected chi connectivity index (χ4v) is 2.22. The summed E-state index contributed by atoms with van der Waals surface area (Å²) in [7, 11) is 0. The Labute approximate surface area is 137 Å². The van der Waals surface area contributed by atoms with Crippen molar-refractivity contribution in [2.45, 2.75) is 6.92 Å². The van der Waals surface area contributed by atoms with Crippen LogP contribution in [0.3, 0.4) is 0 Å². The second kappa shape index (κ2) is 7.75. The summed E-state index contributed by atoms with van der Waals surface area (Å²) in [5, 5.41) is 0. The van der Waals surface area contributed by atoms with Crippen LogP contribution in [0.1, 0.15) is 27.6 Å². The molecular formula is C17H15BrO4. The highest BCUT2D eigenvalue weighted by Gasteiger charge is 2.12. The van der Waals surface area contributed by atoms with Gasteiger partial charge in [0.05, 0.1) is 12.2 Å². The van der Waals surface area contributed by atoms with E-state index in [0.717, 1.165) is 4.47 Å². The Morgan fingerprint density at radius 3 is 2.41 bits per heavy atom. The summed E-state index contributed by atoms with van der Waals surface area (Å²) < 4.78 is 11.1. The van der Waals surface area contributed by atoms with Gasteiger partial charge in [-0.15, -0.1) is 0 Å². The molecule has 0 amide bonds. The Kier molecular flexibility index (Phi) is 5.72. The molecule has 114 valence electrons. The third kappa shape index (κ3) is 4.43. The van der Waals surface area contributed by atoms with Gasteiger partial charge in [-0.25, -0.2) is 4.79 Å². The lowest BCUT2D eigenvalue weighted by Gasteiger charge is -2.06. The first kappa shape index (κ1) is 16.2. The van der Waals surface area contributed by atoms with E-state index in [4.69, 9.17) is 9.47 Å². The van der Waals surface area contributed by atoms with E-state index in [9.17, 15) is 9.59 Å². The molecule has 0 spiro atoms. The van der Waals surface area contributed by atoms with Crippen molar-refractivity contribution in [2.24, 2.45) is 0 Å². The zero-order valence-electron chi connectivity index (χ0n) is 12.0. The van der Waals surface area contributed by atoms with E-state index in [0.29, 0.717) is 23.5 Å². The van der Waals surface area contributed by atoms with E-state index >= 15 is 0 Å². The lowest BCUT2D eigenvalue weighted by atomic mass is 10.1. The molecule has 0 radical (unpaired) electrons. The van der Waals surface area contributed by atoms with E-state index < -0.39 is 5.97 Å². The number of rotatable bonds is 6. The summed E-state index contributed by atoms with van der Waals surface area (Å²) in [5.74, 6) is -0.0860. The van der Waals surface area contributed by atoms with E-state index in [-0.39, 0.29) is 12.4 Å². The number of carbonyl (C=O) groups excluding carboxylic acids is 2. The normalized spacial score (nSPS) is 10.1. The predicted molar refractivity (Wildman–Crippen MR) is 86.4 cm³/mol. The van der Waals surface area contributed by atoms with Crippen LogP contribution in [0.2, 0.25) is 0 Å². The van der Waals surface area contributed by atoms with E-state index in [1.165, 1.54) is 0 Å². The third-order valence-corrected chi connectivity index (χ3v) is 3.38. The molecular weight excluding hydrogens is 348 g/mol. The molecule has 0 N–H and O–H groups in total. The molecule has 0 aliphatic carbocycles. The van der Waals surface area contributed by atoms with Gasteiger partial charge in [-0.1, -0.05) is 22.0 Å². The van der Waals surface area contributed by atoms with Crippen molar-refractivity contribution in [3.05, 3.63) is 64.1 Å². The second-order valence-corrected chi connectivity index (χ2v) is 5.38. The number of Topliss-reactive ketones (excluding diaryl/α,β-unsaturated/α-hetero) is 1. The molecule has 0 saturated heterocycles. The van der Waals surface area contributed by atoms with Crippen molar-refractivity contribution in [3.63, 3.8) is 0 Å². The van der Waals surface area contributed by atoms with E-state index in [2.05, 4.69) is 15.9 Å². The molecule has 0 fully saturated rings. The zero-order valence-corrected chi connectivity index (χ0v) is 13.6. The van der Waals surface area contributed by atoms with Crippen molar-refractivity contribution >= 4 is 27.7 Å². The van der Waals surface area contributed by atoms with E-state index in [1.807, 2.05) is 13.0 Å². The molecule has 0 aromatic heterocycles. The summed E-state index contributed by atoms with van der Waals surface area (Å²) in [5.41, 5.74) is 0.874. The number of benzene rings is 2. The van der Waals surface area contributed by atoms with Gasteiger partial charge in [-0.05, 0) is 49.4 Å². The molecule has 2 aromatic carbocycles. The number of hydrogen-bond donors (Lipinski definition) is 0. The molecule has 2 aromatic rings. The zero-order chi connectivity index (χ0) is 15.9. The molecule has 0 unspecified atom stereocenters. The first-order valence-electron chi connectivity index (χ1n) is 6.79. The molecule has 5 heteroatoms. The Morgan fingerprint density at radius 1 is 1.05 bits per heavy atom. The van der Waals surface area contributed by atoms with E-state index in [1.54, 1.807) is 42.5 Å². The molecule has 0 aliphatic heterocycles. The lowest BCUT2D eigenvalue weighted by molar-refractivity contribution is 0.0474. The van der Waals surface area contributed by atoms with Crippen molar-refractivity contribution in [3.8, 4) is 5.75 Å². The lowest BCUT2D eigenvalue weighted by Crippen LogP contribution is -2.14. The Morgan fingerprint density at radius 2 is 1.77 bits per heavy atom. The highest BCUT2D eigenvalue weighted by molar-refractivity contribution is 9.10. The van der Waals surface area contributed by atoms with Crippen LogP contribution in [0.15, 0.2) is 53.0 Å². The summed E-state index contributed by atoms with van der Waals surface area (Å²) in [6.07, 6.45) is 0. The van der Waals surface area contributed by atoms with Crippen molar-refractivity contribution in [2.75, 3.05) is 13.2 Å². The van der Waals surface area contributed by atoms with Gasteiger partial charge in [-0.3, -0.25) is 4.79 Å². The SMILES string of the molecule is CCOc1ccc(C(=O)COC(=O)c2cccc(Br)c2)cc1. The maximum atomic E-state index is 12.0. The quantitative estimate of drug-likeness (QED) is 0.577. The average Bonchev–Trinajstić information content (AvgIpc) is 2.53.